The van der Waals surface area contributed by atoms with Crippen LogP contribution >= 0.6 is 0 Å². The molecule has 0 fully saturated rings. The highest BCUT2D eigenvalue weighted by atomic mass is 32.2. The predicted molar refractivity (Wildman–Crippen MR) is 80.5 cm³/mol. The Kier molecular flexibility index (Phi) is 10.1. The molecule has 0 aliphatic carbocycles. The first-order valence-electron chi connectivity index (χ1n) is 7.63. The van der Waals surface area contributed by atoms with E-state index in [1.54, 1.807) is 0 Å². The fourth-order valence-electron chi connectivity index (χ4n) is 1.92. The van der Waals surface area contributed by atoms with Crippen molar-refractivity contribution in [2.24, 2.45) is 0 Å². The second-order valence-corrected chi connectivity index (χ2v) is 6.47. The Morgan fingerprint density at radius 1 is 1.09 bits per heavy atom. The van der Waals surface area contributed by atoms with E-state index in [1.165, 1.54) is 50.8 Å². The lowest BCUT2D eigenvalue weighted by molar-refractivity contribution is -0.704. The first kappa shape index (κ1) is 21.9. The fourth-order valence-corrected chi connectivity index (χ4v) is 1.92. The summed E-state index contributed by atoms with van der Waals surface area (Å²) < 4.78 is 61.3. The highest BCUT2D eigenvalue weighted by molar-refractivity contribution is 7.86. The molecule has 0 amide bonds. The van der Waals surface area contributed by atoms with Crippen LogP contribution in [0.1, 0.15) is 51.6 Å². The number of alkyl halides is 3. The van der Waals surface area contributed by atoms with Crippen LogP contribution in [0.2, 0.25) is 0 Å². The standard InChI is InChI=1S/C14H24N.CHF3O3S/c1-3-5-6-8-12-15-13-9-7-11-14(15)10-4-2;2-1(3,4)8(5,6)7/h7,9,11,13H,3-6,8,10,12H2,1-2H3;(H,5,6,7)/q+1;/p-1. The number of aromatic nitrogens is 1. The van der Waals surface area contributed by atoms with E-state index >= 15 is 0 Å². The van der Waals surface area contributed by atoms with E-state index < -0.39 is 15.6 Å². The Labute approximate surface area is 136 Å². The monoisotopic (exact) mass is 355 g/mol. The lowest BCUT2D eigenvalue weighted by atomic mass is 10.2. The molecule has 1 aromatic rings. The van der Waals surface area contributed by atoms with E-state index in [-0.39, 0.29) is 0 Å². The Balaban J connectivity index is 0.000000515. The molecular weight excluding hydrogens is 331 g/mol. The molecule has 0 N–H and O–H groups in total. The molecule has 134 valence electrons. The Morgan fingerprint density at radius 3 is 2.17 bits per heavy atom. The zero-order valence-electron chi connectivity index (χ0n) is 13.5. The van der Waals surface area contributed by atoms with Gasteiger partial charge in [0.1, 0.15) is 6.54 Å². The molecule has 1 aromatic heterocycles. The van der Waals surface area contributed by atoms with Gasteiger partial charge in [-0.05, 0) is 12.8 Å². The third-order valence-electron chi connectivity index (χ3n) is 3.08. The van der Waals surface area contributed by atoms with Crippen molar-refractivity contribution >= 4 is 10.1 Å². The van der Waals surface area contributed by atoms with Crippen molar-refractivity contribution in [1.29, 1.82) is 0 Å². The van der Waals surface area contributed by atoms with Gasteiger partial charge in [0.25, 0.3) is 0 Å². The molecule has 0 spiro atoms. The molecular formula is C15H24F3NO3S. The van der Waals surface area contributed by atoms with Gasteiger partial charge in [0, 0.05) is 25.0 Å². The summed E-state index contributed by atoms with van der Waals surface area (Å²) in [7, 11) is -6.09. The lowest BCUT2D eigenvalue weighted by Gasteiger charge is -2.08. The van der Waals surface area contributed by atoms with Gasteiger partial charge in [-0.3, -0.25) is 0 Å². The van der Waals surface area contributed by atoms with Gasteiger partial charge in [-0.1, -0.05) is 32.8 Å². The third-order valence-corrected chi connectivity index (χ3v) is 3.64. The fraction of sp³-hybridized carbons (Fsp3) is 0.667. The van der Waals surface area contributed by atoms with E-state index in [9.17, 15) is 13.2 Å². The molecule has 0 saturated carbocycles. The number of rotatable bonds is 7. The van der Waals surface area contributed by atoms with Crippen LogP contribution in [0.15, 0.2) is 24.4 Å². The van der Waals surface area contributed by atoms with Crippen LogP contribution in [0.25, 0.3) is 0 Å². The number of hydrogen-bond donors (Lipinski definition) is 0. The molecule has 23 heavy (non-hydrogen) atoms. The molecule has 0 atom stereocenters. The minimum absolute atomic E-state index is 1.19. The van der Waals surface area contributed by atoms with Crippen molar-refractivity contribution < 1.29 is 30.7 Å². The molecule has 1 rings (SSSR count). The maximum atomic E-state index is 10.7. The second kappa shape index (κ2) is 10.6. The number of unbranched alkanes of at least 4 members (excludes halogenated alkanes) is 3. The molecule has 1 heterocycles. The summed E-state index contributed by atoms with van der Waals surface area (Å²) in [6.07, 6.45) is 10.0. The maximum absolute atomic E-state index is 10.7. The third kappa shape index (κ3) is 9.55. The first-order chi connectivity index (χ1) is 10.6. The van der Waals surface area contributed by atoms with Gasteiger partial charge >= 0.3 is 5.51 Å². The molecule has 0 unspecified atom stereocenters. The van der Waals surface area contributed by atoms with E-state index in [0.29, 0.717) is 0 Å². The van der Waals surface area contributed by atoms with Gasteiger partial charge in [0.05, 0.1) is 0 Å². The van der Waals surface area contributed by atoms with Gasteiger partial charge < -0.3 is 4.55 Å². The van der Waals surface area contributed by atoms with Gasteiger partial charge in [0.15, 0.2) is 22.0 Å². The summed E-state index contributed by atoms with van der Waals surface area (Å²) in [4.78, 5) is 0. The Bertz CT molecular complexity index is 545. The van der Waals surface area contributed by atoms with Gasteiger partial charge in [0.2, 0.25) is 0 Å². The van der Waals surface area contributed by atoms with Crippen LogP contribution < -0.4 is 4.57 Å². The number of nitrogens with zero attached hydrogens (tertiary/aromatic N) is 1. The van der Waals surface area contributed by atoms with Crippen molar-refractivity contribution in [1.82, 2.24) is 0 Å². The minimum Gasteiger partial charge on any atom is -0.741 e. The number of halogens is 3. The van der Waals surface area contributed by atoms with E-state index in [1.807, 2.05) is 0 Å². The van der Waals surface area contributed by atoms with Crippen LogP contribution in [-0.4, -0.2) is 18.5 Å². The molecule has 8 heteroatoms. The number of hydrogen-bond acceptors (Lipinski definition) is 3. The Morgan fingerprint density at radius 2 is 1.70 bits per heavy atom. The molecule has 0 radical (unpaired) electrons. The van der Waals surface area contributed by atoms with E-state index in [4.69, 9.17) is 13.0 Å². The van der Waals surface area contributed by atoms with Crippen LogP contribution in [0, 0.1) is 0 Å². The largest absolute Gasteiger partial charge is 0.741 e. The second-order valence-electron chi connectivity index (χ2n) is 5.10. The van der Waals surface area contributed by atoms with Gasteiger partial charge in [-0.2, -0.15) is 13.2 Å². The summed E-state index contributed by atoms with van der Waals surface area (Å²) in [6.45, 7) is 5.70. The van der Waals surface area contributed by atoms with Crippen molar-refractivity contribution in [3.05, 3.63) is 30.1 Å². The van der Waals surface area contributed by atoms with Crippen molar-refractivity contribution in [2.45, 2.75) is 64.4 Å². The van der Waals surface area contributed by atoms with Crippen LogP contribution in [-0.2, 0) is 23.1 Å². The van der Waals surface area contributed by atoms with Crippen molar-refractivity contribution in [3.8, 4) is 0 Å². The summed E-state index contributed by atoms with van der Waals surface area (Å²) in [5.41, 5.74) is -4.16. The lowest BCUT2D eigenvalue weighted by Crippen LogP contribution is -2.37. The topological polar surface area (TPSA) is 61.1 Å². The summed E-state index contributed by atoms with van der Waals surface area (Å²) in [5.74, 6) is 0. The smallest absolute Gasteiger partial charge is 0.485 e. The molecule has 0 saturated heterocycles. The highest BCUT2D eigenvalue weighted by Gasteiger charge is 2.36. The average Bonchev–Trinajstić information content (AvgIpc) is 2.44. The van der Waals surface area contributed by atoms with Crippen LogP contribution in [0.4, 0.5) is 13.2 Å². The normalized spacial score (nSPS) is 11.7. The maximum Gasteiger partial charge on any atom is 0.485 e. The predicted octanol–water partition coefficient (Wildman–Crippen LogP) is 3.56. The van der Waals surface area contributed by atoms with Crippen molar-refractivity contribution in [2.75, 3.05) is 0 Å². The highest BCUT2D eigenvalue weighted by Crippen LogP contribution is 2.20. The van der Waals surface area contributed by atoms with Crippen LogP contribution in [0.3, 0.4) is 0 Å². The van der Waals surface area contributed by atoms with E-state index in [0.717, 1.165) is 0 Å². The minimum atomic E-state index is -6.09. The molecule has 0 aromatic carbocycles. The number of pyridine rings is 1. The van der Waals surface area contributed by atoms with Gasteiger partial charge in [-0.15, -0.1) is 0 Å². The molecule has 0 aliphatic heterocycles. The zero-order chi connectivity index (χ0) is 17.9. The van der Waals surface area contributed by atoms with E-state index in [2.05, 4.69) is 42.8 Å². The van der Waals surface area contributed by atoms with Crippen LogP contribution in [0.5, 0.6) is 0 Å². The molecule has 0 aliphatic rings. The SMILES string of the molecule is CCCCCC[n+]1ccccc1CCC.O=S(=O)([O-])C(F)(F)F. The Hall–Kier alpha value is -1.15. The van der Waals surface area contributed by atoms with Gasteiger partial charge in [-0.25, -0.2) is 13.0 Å². The van der Waals surface area contributed by atoms with Crippen molar-refractivity contribution in [3.63, 3.8) is 0 Å². The first-order valence-corrected chi connectivity index (χ1v) is 9.03. The summed E-state index contributed by atoms with van der Waals surface area (Å²) in [6, 6.07) is 6.54. The summed E-state index contributed by atoms with van der Waals surface area (Å²) in [5, 5.41) is 0. The summed E-state index contributed by atoms with van der Waals surface area (Å²) >= 11 is 0. The average molecular weight is 355 g/mol. The number of aryl methyl sites for hydroxylation is 2. The molecule has 4 nitrogen and oxygen atoms in total. The zero-order valence-corrected chi connectivity index (χ0v) is 14.3. The quantitative estimate of drug-likeness (QED) is 0.325. The molecule has 0 bridgehead atoms.